The number of hydrogen-bond acceptors (Lipinski definition) is 5. The van der Waals surface area contributed by atoms with Crippen LogP contribution in [0.4, 0.5) is 0 Å². The highest BCUT2D eigenvalue weighted by Crippen LogP contribution is 2.26. The first-order valence-corrected chi connectivity index (χ1v) is 11.3. The van der Waals surface area contributed by atoms with Crippen LogP contribution in [-0.2, 0) is 17.8 Å². The monoisotopic (exact) mass is 421 g/mol. The van der Waals surface area contributed by atoms with Crippen molar-refractivity contribution < 1.29 is 9.53 Å². The van der Waals surface area contributed by atoms with Crippen LogP contribution in [0.5, 0.6) is 5.75 Å². The third kappa shape index (κ3) is 5.26. The lowest BCUT2D eigenvalue weighted by Gasteiger charge is -2.34. The zero-order chi connectivity index (χ0) is 20.8. The molecule has 1 amide bonds. The number of carbonyl (C=O) groups excluding carboxylic acids is 1. The Morgan fingerprint density at radius 1 is 1.03 bits per heavy atom. The first kappa shape index (κ1) is 20.6. The summed E-state index contributed by atoms with van der Waals surface area (Å²) in [5.41, 5.74) is 3.22. The molecule has 1 aromatic heterocycles. The molecule has 4 rings (SSSR count). The van der Waals surface area contributed by atoms with E-state index < -0.39 is 0 Å². The SMILES string of the molecule is CCOc1ccc(-c2nc(CC(=O)N3CCN(Cc4ccccc4)CC3)cs2)cc1. The van der Waals surface area contributed by atoms with E-state index >= 15 is 0 Å². The van der Waals surface area contributed by atoms with Crippen LogP contribution >= 0.6 is 11.3 Å². The minimum atomic E-state index is 0.165. The maximum absolute atomic E-state index is 12.8. The quantitative estimate of drug-likeness (QED) is 0.576. The van der Waals surface area contributed by atoms with Crippen molar-refractivity contribution in [1.82, 2.24) is 14.8 Å². The molecule has 6 heteroatoms. The van der Waals surface area contributed by atoms with Crippen LogP contribution < -0.4 is 4.74 Å². The predicted octanol–water partition coefficient (Wildman–Crippen LogP) is 4.10. The van der Waals surface area contributed by atoms with Crippen LogP contribution in [0.25, 0.3) is 10.6 Å². The number of benzene rings is 2. The van der Waals surface area contributed by atoms with E-state index in [-0.39, 0.29) is 5.91 Å². The topological polar surface area (TPSA) is 45.7 Å². The molecule has 0 saturated carbocycles. The van der Waals surface area contributed by atoms with Crippen molar-refractivity contribution in [1.29, 1.82) is 0 Å². The predicted molar refractivity (Wildman–Crippen MR) is 121 cm³/mol. The standard InChI is InChI=1S/C24H27N3O2S/c1-2-29-22-10-8-20(9-11-22)24-25-21(18-30-24)16-23(28)27-14-12-26(13-15-27)17-19-6-4-3-5-7-19/h3-11,18H,2,12-17H2,1H3. The van der Waals surface area contributed by atoms with Gasteiger partial charge in [0.1, 0.15) is 10.8 Å². The fraction of sp³-hybridized carbons (Fsp3) is 0.333. The first-order chi connectivity index (χ1) is 14.7. The van der Waals surface area contributed by atoms with Crippen molar-refractivity contribution in [3.05, 3.63) is 71.2 Å². The summed E-state index contributed by atoms with van der Waals surface area (Å²) in [7, 11) is 0. The van der Waals surface area contributed by atoms with Gasteiger partial charge in [-0.2, -0.15) is 0 Å². The Morgan fingerprint density at radius 2 is 1.77 bits per heavy atom. The second-order valence-corrected chi connectivity index (χ2v) is 8.28. The smallest absolute Gasteiger partial charge is 0.228 e. The lowest BCUT2D eigenvalue weighted by atomic mass is 10.2. The maximum atomic E-state index is 12.8. The van der Waals surface area contributed by atoms with E-state index in [1.165, 1.54) is 5.56 Å². The molecule has 0 bridgehead atoms. The van der Waals surface area contributed by atoms with Gasteiger partial charge in [-0.05, 0) is 36.8 Å². The van der Waals surface area contributed by atoms with E-state index in [0.717, 1.165) is 54.7 Å². The second kappa shape index (κ2) is 9.87. The number of nitrogens with zero attached hydrogens (tertiary/aromatic N) is 3. The molecule has 1 aliphatic rings. The molecule has 1 fully saturated rings. The normalized spacial score (nSPS) is 14.6. The van der Waals surface area contributed by atoms with Gasteiger partial charge in [0.25, 0.3) is 0 Å². The molecule has 0 atom stereocenters. The number of ether oxygens (including phenoxy) is 1. The molecule has 2 heterocycles. The van der Waals surface area contributed by atoms with Crippen LogP contribution in [0.15, 0.2) is 60.0 Å². The van der Waals surface area contributed by atoms with Gasteiger partial charge in [-0.3, -0.25) is 9.69 Å². The largest absolute Gasteiger partial charge is 0.494 e. The molecular weight excluding hydrogens is 394 g/mol. The second-order valence-electron chi connectivity index (χ2n) is 7.42. The lowest BCUT2D eigenvalue weighted by molar-refractivity contribution is -0.132. The number of hydrogen-bond donors (Lipinski definition) is 0. The van der Waals surface area contributed by atoms with Gasteiger partial charge in [0, 0.05) is 43.7 Å². The highest BCUT2D eigenvalue weighted by Gasteiger charge is 2.22. The summed E-state index contributed by atoms with van der Waals surface area (Å²) in [5.74, 6) is 1.03. The Hall–Kier alpha value is -2.70. The summed E-state index contributed by atoms with van der Waals surface area (Å²) in [4.78, 5) is 21.8. The fourth-order valence-electron chi connectivity index (χ4n) is 3.64. The maximum Gasteiger partial charge on any atom is 0.228 e. The summed E-state index contributed by atoms with van der Waals surface area (Å²) < 4.78 is 5.49. The van der Waals surface area contributed by atoms with Crippen molar-refractivity contribution >= 4 is 17.2 Å². The van der Waals surface area contributed by atoms with Crippen molar-refractivity contribution in [2.45, 2.75) is 19.9 Å². The van der Waals surface area contributed by atoms with Crippen LogP contribution in [0.2, 0.25) is 0 Å². The molecule has 0 aliphatic carbocycles. The third-order valence-corrected chi connectivity index (χ3v) is 6.21. The molecule has 0 N–H and O–H groups in total. The van der Waals surface area contributed by atoms with Crippen LogP contribution in [-0.4, -0.2) is 53.5 Å². The van der Waals surface area contributed by atoms with Crippen LogP contribution in [0.3, 0.4) is 0 Å². The van der Waals surface area contributed by atoms with Crippen molar-refractivity contribution in [2.24, 2.45) is 0 Å². The van der Waals surface area contributed by atoms with E-state index in [4.69, 9.17) is 4.74 Å². The van der Waals surface area contributed by atoms with Crippen LogP contribution in [0, 0.1) is 0 Å². The van der Waals surface area contributed by atoms with Gasteiger partial charge in [-0.15, -0.1) is 11.3 Å². The van der Waals surface area contributed by atoms with Crippen molar-refractivity contribution in [3.8, 4) is 16.3 Å². The fourth-order valence-corrected chi connectivity index (χ4v) is 4.47. The zero-order valence-corrected chi connectivity index (χ0v) is 18.1. The molecule has 0 spiro atoms. The minimum absolute atomic E-state index is 0.165. The van der Waals surface area contributed by atoms with Crippen molar-refractivity contribution in [2.75, 3.05) is 32.8 Å². The molecule has 3 aromatic rings. The first-order valence-electron chi connectivity index (χ1n) is 10.4. The van der Waals surface area contributed by atoms with E-state index in [2.05, 4.69) is 34.1 Å². The molecule has 30 heavy (non-hydrogen) atoms. The number of piperazine rings is 1. The lowest BCUT2D eigenvalue weighted by Crippen LogP contribution is -2.48. The number of thiazole rings is 1. The van der Waals surface area contributed by atoms with Crippen molar-refractivity contribution in [3.63, 3.8) is 0 Å². The third-order valence-electron chi connectivity index (χ3n) is 5.27. The zero-order valence-electron chi connectivity index (χ0n) is 17.3. The van der Waals surface area contributed by atoms with Crippen LogP contribution in [0.1, 0.15) is 18.2 Å². The highest BCUT2D eigenvalue weighted by molar-refractivity contribution is 7.13. The number of rotatable bonds is 7. The van der Waals surface area contributed by atoms with E-state index in [0.29, 0.717) is 13.0 Å². The summed E-state index contributed by atoms with van der Waals surface area (Å²) in [6.45, 7) is 6.96. The molecule has 0 radical (unpaired) electrons. The number of aromatic nitrogens is 1. The van der Waals surface area contributed by atoms with Gasteiger partial charge in [-0.25, -0.2) is 4.98 Å². The van der Waals surface area contributed by atoms with E-state index in [1.807, 2.05) is 47.5 Å². The van der Waals surface area contributed by atoms with Gasteiger partial charge in [0.15, 0.2) is 0 Å². The van der Waals surface area contributed by atoms with Gasteiger partial charge in [-0.1, -0.05) is 30.3 Å². The summed E-state index contributed by atoms with van der Waals surface area (Å²) in [6, 6.07) is 18.4. The Labute approximate surface area is 181 Å². The molecular formula is C24H27N3O2S. The summed E-state index contributed by atoms with van der Waals surface area (Å²) in [5, 5.41) is 2.93. The highest BCUT2D eigenvalue weighted by atomic mass is 32.1. The molecule has 0 unspecified atom stereocenters. The van der Waals surface area contributed by atoms with Gasteiger partial charge >= 0.3 is 0 Å². The molecule has 1 saturated heterocycles. The van der Waals surface area contributed by atoms with E-state index in [1.54, 1.807) is 11.3 Å². The molecule has 2 aromatic carbocycles. The summed E-state index contributed by atoms with van der Waals surface area (Å²) in [6.07, 6.45) is 0.367. The minimum Gasteiger partial charge on any atom is -0.494 e. The average Bonchev–Trinajstić information content (AvgIpc) is 3.24. The Balaban J connectivity index is 1.28. The Bertz CT molecular complexity index is 948. The Kier molecular flexibility index (Phi) is 6.77. The Morgan fingerprint density at radius 3 is 2.47 bits per heavy atom. The summed E-state index contributed by atoms with van der Waals surface area (Å²) >= 11 is 1.58. The van der Waals surface area contributed by atoms with Gasteiger partial charge in [0.2, 0.25) is 5.91 Å². The number of amides is 1. The van der Waals surface area contributed by atoms with Gasteiger partial charge < -0.3 is 9.64 Å². The van der Waals surface area contributed by atoms with E-state index in [9.17, 15) is 4.79 Å². The number of carbonyl (C=O) groups is 1. The average molecular weight is 422 g/mol. The molecule has 5 nitrogen and oxygen atoms in total. The van der Waals surface area contributed by atoms with Gasteiger partial charge in [0.05, 0.1) is 18.7 Å². The molecule has 156 valence electrons. The molecule has 1 aliphatic heterocycles.